The molecule has 5 heteroatoms. The standard InChI is InChI=1S/C19H14F3NO/c20-14-9-16(22)15(21)7-13(14)19-17(23)8-12-11-4-2-1-3-10(11)5-6-18(12)24-19/h1-7,9,17,19H,8,23H2/t17-,19+/m0/s1. The van der Waals surface area contributed by atoms with Crippen molar-refractivity contribution in [1.82, 2.24) is 0 Å². The Labute approximate surface area is 136 Å². The van der Waals surface area contributed by atoms with Crippen LogP contribution in [-0.2, 0) is 6.42 Å². The zero-order chi connectivity index (χ0) is 16.8. The van der Waals surface area contributed by atoms with E-state index in [4.69, 9.17) is 10.5 Å². The maximum Gasteiger partial charge on any atom is 0.161 e. The quantitative estimate of drug-likeness (QED) is 0.677. The fourth-order valence-electron chi connectivity index (χ4n) is 3.25. The molecule has 0 spiro atoms. The number of hydrogen-bond acceptors (Lipinski definition) is 2. The van der Waals surface area contributed by atoms with E-state index in [1.165, 1.54) is 0 Å². The van der Waals surface area contributed by atoms with Crippen molar-refractivity contribution in [2.24, 2.45) is 5.73 Å². The van der Waals surface area contributed by atoms with Gasteiger partial charge in [-0.25, -0.2) is 13.2 Å². The lowest BCUT2D eigenvalue weighted by Crippen LogP contribution is -2.38. The van der Waals surface area contributed by atoms with Gasteiger partial charge in [-0.3, -0.25) is 0 Å². The molecule has 4 rings (SSSR count). The monoisotopic (exact) mass is 329 g/mol. The second kappa shape index (κ2) is 5.53. The van der Waals surface area contributed by atoms with E-state index in [-0.39, 0.29) is 5.56 Å². The van der Waals surface area contributed by atoms with E-state index in [1.807, 2.05) is 30.3 Å². The van der Waals surface area contributed by atoms with Crippen molar-refractivity contribution in [3.8, 4) is 5.75 Å². The van der Waals surface area contributed by atoms with Crippen molar-refractivity contribution in [2.45, 2.75) is 18.6 Å². The lowest BCUT2D eigenvalue weighted by Gasteiger charge is -2.32. The van der Waals surface area contributed by atoms with Crippen molar-refractivity contribution >= 4 is 10.8 Å². The Hall–Kier alpha value is -2.53. The highest BCUT2D eigenvalue weighted by Crippen LogP contribution is 2.39. The van der Waals surface area contributed by atoms with E-state index in [0.29, 0.717) is 18.2 Å². The lowest BCUT2D eigenvalue weighted by molar-refractivity contribution is 0.149. The Kier molecular flexibility index (Phi) is 3.46. The van der Waals surface area contributed by atoms with Crippen LogP contribution in [0.4, 0.5) is 13.2 Å². The average molecular weight is 329 g/mol. The molecular weight excluding hydrogens is 315 g/mol. The molecular formula is C19H14F3NO. The largest absolute Gasteiger partial charge is 0.484 e. The van der Waals surface area contributed by atoms with Crippen molar-refractivity contribution in [3.05, 3.63) is 77.1 Å². The second-order valence-electron chi connectivity index (χ2n) is 5.96. The third-order valence-corrected chi connectivity index (χ3v) is 4.43. The molecule has 0 saturated carbocycles. The molecule has 0 amide bonds. The van der Waals surface area contributed by atoms with Crippen LogP contribution in [0.1, 0.15) is 17.2 Å². The summed E-state index contributed by atoms with van der Waals surface area (Å²) in [6.45, 7) is 0. The topological polar surface area (TPSA) is 35.2 Å². The molecule has 0 aliphatic carbocycles. The summed E-state index contributed by atoms with van der Waals surface area (Å²) in [7, 11) is 0. The van der Waals surface area contributed by atoms with Crippen LogP contribution in [0.5, 0.6) is 5.75 Å². The molecule has 1 heterocycles. The third-order valence-electron chi connectivity index (χ3n) is 4.43. The minimum atomic E-state index is -1.23. The van der Waals surface area contributed by atoms with E-state index in [0.717, 1.165) is 22.4 Å². The summed E-state index contributed by atoms with van der Waals surface area (Å²) in [5, 5.41) is 2.08. The van der Waals surface area contributed by atoms with Gasteiger partial charge in [-0.15, -0.1) is 0 Å². The first-order valence-corrected chi connectivity index (χ1v) is 7.62. The molecule has 0 saturated heterocycles. The maximum absolute atomic E-state index is 14.1. The van der Waals surface area contributed by atoms with Crippen LogP contribution in [0, 0.1) is 17.5 Å². The summed E-state index contributed by atoms with van der Waals surface area (Å²) < 4.78 is 46.6. The van der Waals surface area contributed by atoms with Gasteiger partial charge in [-0.05, 0) is 29.3 Å². The van der Waals surface area contributed by atoms with Crippen LogP contribution in [0.15, 0.2) is 48.5 Å². The summed E-state index contributed by atoms with van der Waals surface area (Å²) in [5.74, 6) is -2.62. The molecule has 3 aromatic carbocycles. The summed E-state index contributed by atoms with van der Waals surface area (Å²) >= 11 is 0. The molecule has 2 nitrogen and oxygen atoms in total. The number of halogens is 3. The average Bonchev–Trinajstić information content (AvgIpc) is 2.58. The SMILES string of the molecule is N[C@H]1Cc2c(ccc3ccccc23)O[C@@H]1c1cc(F)c(F)cc1F. The highest BCUT2D eigenvalue weighted by molar-refractivity contribution is 5.88. The summed E-state index contributed by atoms with van der Waals surface area (Å²) in [6.07, 6.45) is -0.409. The highest BCUT2D eigenvalue weighted by atomic mass is 19.2. The Bertz CT molecular complexity index is 941. The van der Waals surface area contributed by atoms with Crippen molar-refractivity contribution in [1.29, 1.82) is 0 Å². The van der Waals surface area contributed by atoms with Gasteiger partial charge in [0.25, 0.3) is 0 Å². The molecule has 0 unspecified atom stereocenters. The normalized spacial score (nSPS) is 19.8. The number of fused-ring (bicyclic) bond motifs is 3. The third kappa shape index (κ3) is 2.32. The number of rotatable bonds is 1. The molecule has 0 fully saturated rings. The Morgan fingerprint density at radius 3 is 2.50 bits per heavy atom. The molecule has 2 N–H and O–H groups in total. The molecule has 1 aliphatic heterocycles. The fraction of sp³-hybridized carbons (Fsp3) is 0.158. The molecule has 0 radical (unpaired) electrons. The van der Waals surface area contributed by atoms with Gasteiger partial charge in [0, 0.05) is 17.2 Å². The minimum Gasteiger partial charge on any atom is -0.484 e. The minimum absolute atomic E-state index is 0.0693. The first-order valence-electron chi connectivity index (χ1n) is 7.62. The van der Waals surface area contributed by atoms with Crippen LogP contribution in [0.25, 0.3) is 10.8 Å². The predicted octanol–water partition coefficient (Wildman–Crippen LogP) is 4.26. The number of nitrogens with two attached hydrogens (primary N) is 1. The Morgan fingerprint density at radius 2 is 1.67 bits per heavy atom. The molecule has 0 aromatic heterocycles. The molecule has 1 aliphatic rings. The van der Waals surface area contributed by atoms with Crippen LogP contribution in [0.3, 0.4) is 0 Å². The van der Waals surface area contributed by atoms with Gasteiger partial charge in [0.2, 0.25) is 0 Å². The number of benzene rings is 3. The van der Waals surface area contributed by atoms with Crippen LogP contribution in [0.2, 0.25) is 0 Å². The first kappa shape index (κ1) is 15.0. The summed E-state index contributed by atoms with van der Waals surface area (Å²) in [5.41, 5.74) is 7.04. The predicted molar refractivity (Wildman–Crippen MR) is 85.3 cm³/mol. The van der Waals surface area contributed by atoms with Gasteiger partial charge in [0.1, 0.15) is 17.7 Å². The van der Waals surface area contributed by atoms with Crippen molar-refractivity contribution in [3.63, 3.8) is 0 Å². The molecule has 3 aromatic rings. The number of ether oxygens (including phenoxy) is 1. The zero-order valence-electron chi connectivity index (χ0n) is 12.6. The number of hydrogen-bond donors (Lipinski definition) is 1. The molecule has 2 atom stereocenters. The van der Waals surface area contributed by atoms with Crippen molar-refractivity contribution < 1.29 is 17.9 Å². The molecule has 24 heavy (non-hydrogen) atoms. The van der Waals surface area contributed by atoms with E-state index >= 15 is 0 Å². The van der Waals surface area contributed by atoms with E-state index in [1.54, 1.807) is 6.07 Å². The van der Waals surface area contributed by atoms with Crippen LogP contribution < -0.4 is 10.5 Å². The van der Waals surface area contributed by atoms with E-state index in [9.17, 15) is 13.2 Å². The summed E-state index contributed by atoms with van der Waals surface area (Å²) in [6, 6.07) is 12.3. The smallest absolute Gasteiger partial charge is 0.161 e. The van der Waals surface area contributed by atoms with Gasteiger partial charge in [0.05, 0.1) is 6.04 Å². The first-order chi connectivity index (χ1) is 11.5. The highest BCUT2D eigenvalue weighted by Gasteiger charge is 2.32. The summed E-state index contributed by atoms with van der Waals surface area (Å²) in [4.78, 5) is 0. The Morgan fingerprint density at radius 1 is 0.917 bits per heavy atom. The van der Waals surface area contributed by atoms with Gasteiger partial charge in [-0.1, -0.05) is 30.3 Å². The Balaban J connectivity index is 1.80. The van der Waals surface area contributed by atoms with E-state index in [2.05, 4.69) is 0 Å². The fourth-order valence-corrected chi connectivity index (χ4v) is 3.25. The lowest BCUT2D eigenvalue weighted by atomic mass is 9.90. The van der Waals surface area contributed by atoms with Gasteiger partial charge >= 0.3 is 0 Å². The zero-order valence-corrected chi connectivity index (χ0v) is 12.6. The van der Waals surface area contributed by atoms with Gasteiger partial charge in [0.15, 0.2) is 11.6 Å². The van der Waals surface area contributed by atoms with Crippen LogP contribution in [-0.4, -0.2) is 6.04 Å². The van der Waals surface area contributed by atoms with Crippen molar-refractivity contribution in [2.75, 3.05) is 0 Å². The van der Waals surface area contributed by atoms with E-state index < -0.39 is 29.6 Å². The molecule has 122 valence electrons. The second-order valence-corrected chi connectivity index (χ2v) is 5.96. The molecule has 0 bridgehead atoms. The van der Waals surface area contributed by atoms with Crippen LogP contribution >= 0.6 is 0 Å². The maximum atomic E-state index is 14.1. The van der Waals surface area contributed by atoms with Gasteiger partial charge < -0.3 is 10.5 Å². The van der Waals surface area contributed by atoms with Gasteiger partial charge in [-0.2, -0.15) is 0 Å².